The molecule has 7 nitrogen and oxygen atoms in total. The van der Waals surface area contributed by atoms with Gasteiger partial charge in [0.25, 0.3) is 11.5 Å². The zero-order valence-electron chi connectivity index (χ0n) is 13.6. The number of carbonyl (C=O) groups excluding carboxylic acids is 1. The van der Waals surface area contributed by atoms with Crippen molar-refractivity contribution in [2.45, 2.75) is 19.9 Å². The first-order valence-electron chi connectivity index (χ1n) is 7.82. The molecule has 0 fully saturated rings. The van der Waals surface area contributed by atoms with Crippen molar-refractivity contribution in [1.82, 2.24) is 24.8 Å². The van der Waals surface area contributed by atoms with Gasteiger partial charge in [-0.05, 0) is 24.6 Å². The van der Waals surface area contributed by atoms with Gasteiger partial charge in [0, 0.05) is 24.0 Å². The molecule has 0 bridgehead atoms. The molecule has 3 aromatic rings. The average Bonchev–Trinajstić information content (AvgIpc) is 2.61. The SMILES string of the molecule is CCCN(Cc1nc2cc(Cl)ccc2c(=O)[nH]1)C(=O)c1cnccn1. The molecule has 0 spiro atoms. The topological polar surface area (TPSA) is 91.8 Å². The number of aromatic nitrogens is 4. The van der Waals surface area contributed by atoms with Gasteiger partial charge >= 0.3 is 0 Å². The van der Waals surface area contributed by atoms with Crippen molar-refractivity contribution in [3.05, 3.63) is 63.7 Å². The van der Waals surface area contributed by atoms with E-state index in [9.17, 15) is 9.59 Å². The van der Waals surface area contributed by atoms with Gasteiger partial charge in [0.1, 0.15) is 11.5 Å². The highest BCUT2D eigenvalue weighted by molar-refractivity contribution is 6.31. The van der Waals surface area contributed by atoms with Crippen molar-refractivity contribution >= 4 is 28.4 Å². The van der Waals surface area contributed by atoms with Crippen LogP contribution in [0, 0.1) is 0 Å². The summed E-state index contributed by atoms with van der Waals surface area (Å²) >= 11 is 5.98. The lowest BCUT2D eigenvalue weighted by molar-refractivity contribution is 0.0732. The van der Waals surface area contributed by atoms with Crippen molar-refractivity contribution in [1.29, 1.82) is 0 Å². The number of benzene rings is 1. The largest absolute Gasteiger partial charge is 0.330 e. The van der Waals surface area contributed by atoms with Crippen LogP contribution in [0.15, 0.2) is 41.6 Å². The lowest BCUT2D eigenvalue weighted by Gasteiger charge is -2.21. The first kappa shape index (κ1) is 17.0. The molecule has 0 aliphatic heterocycles. The fourth-order valence-corrected chi connectivity index (χ4v) is 2.68. The first-order valence-corrected chi connectivity index (χ1v) is 8.20. The number of aromatic amines is 1. The van der Waals surface area contributed by atoms with Crippen LogP contribution < -0.4 is 5.56 Å². The summed E-state index contributed by atoms with van der Waals surface area (Å²) in [6.07, 6.45) is 5.15. The fraction of sp³-hybridized carbons (Fsp3) is 0.235. The molecule has 1 N–H and O–H groups in total. The van der Waals surface area contributed by atoms with Gasteiger partial charge in [-0.15, -0.1) is 0 Å². The van der Waals surface area contributed by atoms with E-state index in [2.05, 4.69) is 19.9 Å². The molecule has 2 heterocycles. The number of hydrogen-bond acceptors (Lipinski definition) is 5. The molecule has 0 saturated carbocycles. The van der Waals surface area contributed by atoms with Crippen LogP contribution in [-0.4, -0.2) is 37.3 Å². The Kier molecular flexibility index (Phi) is 5.04. The van der Waals surface area contributed by atoms with Crippen LogP contribution in [0.4, 0.5) is 0 Å². The van der Waals surface area contributed by atoms with Crippen molar-refractivity contribution in [2.75, 3.05) is 6.54 Å². The number of rotatable bonds is 5. The van der Waals surface area contributed by atoms with E-state index < -0.39 is 0 Å². The zero-order valence-corrected chi connectivity index (χ0v) is 14.3. The van der Waals surface area contributed by atoms with Gasteiger partial charge in [0.2, 0.25) is 0 Å². The second-order valence-electron chi connectivity index (χ2n) is 5.49. The van der Waals surface area contributed by atoms with Crippen LogP contribution >= 0.6 is 11.6 Å². The summed E-state index contributed by atoms with van der Waals surface area (Å²) in [7, 11) is 0. The van der Waals surface area contributed by atoms with Gasteiger partial charge in [-0.1, -0.05) is 18.5 Å². The molecule has 128 valence electrons. The van der Waals surface area contributed by atoms with Gasteiger partial charge in [-0.2, -0.15) is 0 Å². The van der Waals surface area contributed by atoms with Crippen molar-refractivity contribution in [2.24, 2.45) is 0 Å². The van der Waals surface area contributed by atoms with E-state index in [1.807, 2.05) is 6.92 Å². The number of amides is 1. The Balaban J connectivity index is 1.93. The standard InChI is InChI=1S/C17H16ClN5O2/c1-2-7-23(17(25)14-9-19-5-6-20-14)10-15-21-13-8-11(18)3-4-12(13)16(24)22-15/h3-6,8-9H,2,7,10H2,1H3,(H,21,22,24). The molecule has 0 atom stereocenters. The Morgan fingerprint density at radius 1 is 1.32 bits per heavy atom. The fourth-order valence-electron chi connectivity index (χ4n) is 2.51. The molecule has 3 rings (SSSR count). The Morgan fingerprint density at radius 2 is 2.16 bits per heavy atom. The Bertz CT molecular complexity index is 958. The van der Waals surface area contributed by atoms with E-state index in [4.69, 9.17) is 11.6 Å². The molecule has 0 aliphatic carbocycles. The summed E-state index contributed by atoms with van der Waals surface area (Å²) in [6.45, 7) is 2.64. The van der Waals surface area contributed by atoms with Crippen LogP contribution in [-0.2, 0) is 6.54 Å². The molecular formula is C17H16ClN5O2. The molecule has 0 saturated heterocycles. The van der Waals surface area contributed by atoms with Gasteiger partial charge in [0.15, 0.2) is 0 Å². The maximum absolute atomic E-state index is 12.6. The quantitative estimate of drug-likeness (QED) is 0.757. The molecule has 1 amide bonds. The third-order valence-electron chi connectivity index (χ3n) is 3.62. The number of hydrogen-bond donors (Lipinski definition) is 1. The second kappa shape index (κ2) is 7.40. The van der Waals surface area contributed by atoms with Crippen LogP contribution in [0.5, 0.6) is 0 Å². The van der Waals surface area contributed by atoms with Gasteiger partial charge in [-0.3, -0.25) is 14.6 Å². The van der Waals surface area contributed by atoms with Crippen LogP contribution in [0.25, 0.3) is 10.9 Å². The molecule has 2 aromatic heterocycles. The minimum absolute atomic E-state index is 0.168. The van der Waals surface area contributed by atoms with Crippen molar-refractivity contribution < 1.29 is 4.79 Å². The predicted octanol–water partition coefficient (Wildman–Crippen LogP) is 2.42. The van der Waals surface area contributed by atoms with E-state index in [1.54, 1.807) is 23.1 Å². The van der Waals surface area contributed by atoms with Gasteiger partial charge in [-0.25, -0.2) is 9.97 Å². The van der Waals surface area contributed by atoms with Crippen molar-refractivity contribution in [3.8, 4) is 0 Å². The maximum Gasteiger partial charge on any atom is 0.274 e. The summed E-state index contributed by atoms with van der Waals surface area (Å²) in [4.78, 5) is 41.5. The van der Waals surface area contributed by atoms with Gasteiger partial charge in [0.05, 0.1) is 23.6 Å². The number of nitrogens with one attached hydrogen (secondary N) is 1. The minimum Gasteiger partial charge on any atom is -0.330 e. The minimum atomic E-state index is -0.264. The lowest BCUT2D eigenvalue weighted by Crippen LogP contribution is -2.33. The molecular weight excluding hydrogens is 342 g/mol. The molecule has 1 aromatic carbocycles. The lowest BCUT2D eigenvalue weighted by atomic mass is 10.2. The predicted molar refractivity (Wildman–Crippen MR) is 94.4 cm³/mol. The smallest absolute Gasteiger partial charge is 0.274 e. The second-order valence-corrected chi connectivity index (χ2v) is 5.93. The average molecular weight is 358 g/mol. The van der Waals surface area contributed by atoms with E-state index in [0.29, 0.717) is 28.3 Å². The van der Waals surface area contributed by atoms with Gasteiger partial charge < -0.3 is 9.88 Å². The Hall–Kier alpha value is -2.80. The number of fused-ring (bicyclic) bond motifs is 1. The number of halogens is 1. The third kappa shape index (κ3) is 3.83. The van der Waals surface area contributed by atoms with Crippen LogP contribution in [0.2, 0.25) is 5.02 Å². The number of H-pyrrole nitrogens is 1. The highest BCUT2D eigenvalue weighted by Gasteiger charge is 2.18. The van der Waals surface area contributed by atoms with Crippen LogP contribution in [0.1, 0.15) is 29.7 Å². The van der Waals surface area contributed by atoms with Crippen molar-refractivity contribution in [3.63, 3.8) is 0 Å². The van der Waals surface area contributed by atoms with E-state index in [1.165, 1.54) is 18.6 Å². The number of carbonyl (C=O) groups is 1. The molecule has 0 radical (unpaired) electrons. The number of nitrogens with zero attached hydrogens (tertiary/aromatic N) is 4. The van der Waals surface area contributed by atoms with E-state index in [0.717, 1.165) is 6.42 Å². The third-order valence-corrected chi connectivity index (χ3v) is 3.86. The first-order chi connectivity index (χ1) is 12.1. The highest BCUT2D eigenvalue weighted by atomic mass is 35.5. The molecule has 0 unspecified atom stereocenters. The highest BCUT2D eigenvalue weighted by Crippen LogP contribution is 2.15. The summed E-state index contributed by atoms with van der Waals surface area (Å²) < 4.78 is 0. The molecule has 25 heavy (non-hydrogen) atoms. The normalized spacial score (nSPS) is 10.8. The summed E-state index contributed by atoms with van der Waals surface area (Å²) in [5, 5.41) is 0.952. The van der Waals surface area contributed by atoms with Crippen LogP contribution in [0.3, 0.4) is 0 Å². The summed E-state index contributed by atoms with van der Waals surface area (Å²) in [6, 6.07) is 4.90. The maximum atomic E-state index is 12.6. The summed E-state index contributed by atoms with van der Waals surface area (Å²) in [5.74, 6) is 0.134. The zero-order chi connectivity index (χ0) is 17.8. The van der Waals surface area contributed by atoms with E-state index >= 15 is 0 Å². The molecule has 8 heteroatoms. The Morgan fingerprint density at radius 3 is 2.88 bits per heavy atom. The Labute approximate surface area is 148 Å². The van der Waals surface area contributed by atoms with E-state index in [-0.39, 0.29) is 23.7 Å². The summed E-state index contributed by atoms with van der Waals surface area (Å²) in [5.41, 5.74) is 0.483. The monoisotopic (exact) mass is 357 g/mol. The molecule has 0 aliphatic rings.